The molecule has 0 unspecified atom stereocenters. The first kappa shape index (κ1) is 19.1. The molecular formula is C23H27N5O2. The third kappa shape index (κ3) is 3.54. The molecule has 156 valence electrons. The van der Waals surface area contributed by atoms with Gasteiger partial charge < -0.3 is 14.5 Å². The van der Waals surface area contributed by atoms with E-state index < -0.39 is 0 Å². The first-order chi connectivity index (χ1) is 14.5. The van der Waals surface area contributed by atoms with E-state index >= 15 is 0 Å². The second-order valence-corrected chi connectivity index (χ2v) is 8.59. The number of nitrogens with one attached hydrogen (secondary N) is 1. The van der Waals surface area contributed by atoms with Crippen LogP contribution in [0.5, 0.6) is 5.75 Å². The quantitative estimate of drug-likeness (QED) is 0.704. The summed E-state index contributed by atoms with van der Waals surface area (Å²) in [5, 5.41) is 0.703. The molecule has 2 aromatic heterocycles. The summed E-state index contributed by atoms with van der Waals surface area (Å²) in [7, 11) is 5.76. The molecule has 2 aliphatic rings. The van der Waals surface area contributed by atoms with Crippen molar-refractivity contribution in [1.82, 2.24) is 19.9 Å². The van der Waals surface area contributed by atoms with Crippen LogP contribution in [0.4, 0.5) is 5.95 Å². The molecule has 0 spiro atoms. The van der Waals surface area contributed by atoms with Gasteiger partial charge in [-0.15, -0.1) is 0 Å². The molecule has 7 nitrogen and oxygen atoms in total. The summed E-state index contributed by atoms with van der Waals surface area (Å²) in [5.41, 5.74) is 5.13. The van der Waals surface area contributed by atoms with Gasteiger partial charge in [0, 0.05) is 37.8 Å². The van der Waals surface area contributed by atoms with Crippen molar-refractivity contribution >= 4 is 16.9 Å². The third-order valence-corrected chi connectivity index (χ3v) is 5.94. The molecule has 0 bridgehead atoms. The number of fused-ring (bicyclic) bond motifs is 2. The number of ether oxygens (including phenoxy) is 1. The predicted molar refractivity (Wildman–Crippen MR) is 117 cm³/mol. The maximum atomic E-state index is 13.0. The van der Waals surface area contributed by atoms with E-state index in [0.29, 0.717) is 29.3 Å². The van der Waals surface area contributed by atoms with Gasteiger partial charge in [-0.25, -0.2) is 4.98 Å². The van der Waals surface area contributed by atoms with E-state index in [1.807, 2.05) is 26.2 Å². The Morgan fingerprint density at radius 1 is 1.23 bits per heavy atom. The van der Waals surface area contributed by atoms with Gasteiger partial charge in [-0.1, -0.05) is 6.07 Å². The fourth-order valence-electron chi connectivity index (χ4n) is 4.30. The van der Waals surface area contributed by atoms with Crippen molar-refractivity contribution < 1.29 is 4.74 Å². The van der Waals surface area contributed by atoms with E-state index in [1.54, 1.807) is 7.11 Å². The Morgan fingerprint density at radius 2 is 2.07 bits per heavy atom. The van der Waals surface area contributed by atoms with E-state index in [4.69, 9.17) is 14.7 Å². The fourth-order valence-corrected chi connectivity index (χ4v) is 4.30. The largest absolute Gasteiger partial charge is 0.497 e. The molecule has 1 N–H and O–H groups in total. The lowest BCUT2D eigenvalue weighted by Gasteiger charge is -2.29. The number of methoxy groups -OCH3 is 1. The highest BCUT2D eigenvalue weighted by Crippen LogP contribution is 2.43. The van der Waals surface area contributed by atoms with Gasteiger partial charge in [-0.2, -0.15) is 0 Å². The molecule has 5 rings (SSSR count). The Morgan fingerprint density at radius 3 is 2.80 bits per heavy atom. The average Bonchev–Trinajstić information content (AvgIpc) is 3.57. The summed E-state index contributed by atoms with van der Waals surface area (Å²) in [5.74, 6) is 1.82. The normalized spacial score (nSPS) is 16.2. The number of aromatic amines is 1. The second-order valence-electron chi connectivity index (χ2n) is 8.59. The van der Waals surface area contributed by atoms with Crippen molar-refractivity contribution in [1.29, 1.82) is 0 Å². The lowest BCUT2D eigenvalue weighted by molar-refractivity contribution is 0.396. The van der Waals surface area contributed by atoms with Crippen LogP contribution in [0.25, 0.3) is 10.9 Å². The molecule has 1 saturated carbocycles. The second kappa shape index (κ2) is 7.40. The Bertz CT molecular complexity index is 1170. The first-order valence-electron chi connectivity index (χ1n) is 10.5. The molecule has 3 heterocycles. The van der Waals surface area contributed by atoms with Crippen molar-refractivity contribution in [2.75, 3.05) is 32.6 Å². The van der Waals surface area contributed by atoms with Crippen molar-refractivity contribution in [2.45, 2.75) is 38.3 Å². The minimum Gasteiger partial charge on any atom is -0.497 e. The topological polar surface area (TPSA) is 74.4 Å². The van der Waals surface area contributed by atoms with Crippen molar-refractivity contribution in [3.63, 3.8) is 0 Å². The number of aromatic nitrogens is 3. The van der Waals surface area contributed by atoms with E-state index in [1.165, 1.54) is 5.56 Å². The Balaban J connectivity index is 1.49. The number of anilines is 1. The number of H-pyrrole nitrogens is 1. The smallest absolute Gasteiger partial charge is 0.260 e. The van der Waals surface area contributed by atoms with Gasteiger partial charge in [0.05, 0.1) is 23.7 Å². The molecule has 1 aliphatic heterocycles. The Hall–Kier alpha value is -2.93. The highest BCUT2D eigenvalue weighted by Gasteiger charge is 2.28. The van der Waals surface area contributed by atoms with Gasteiger partial charge in [0.1, 0.15) is 5.75 Å². The van der Waals surface area contributed by atoms with E-state index in [9.17, 15) is 4.79 Å². The standard InChI is InChI=1S/C23H27N5O2/c1-27(2)13-16-7-6-15-12-28(9-8-19(15)24-16)23-25-20-11-17(30-3)10-18(14-4-5-14)21(20)22(29)26-23/h6-7,10-11,14H,4-5,8-9,12-13H2,1-3H3,(H,25,26,29). The van der Waals surface area contributed by atoms with Crippen LogP contribution in [0.15, 0.2) is 29.1 Å². The molecular weight excluding hydrogens is 378 g/mol. The summed E-state index contributed by atoms with van der Waals surface area (Å²) in [6, 6.07) is 8.10. The molecule has 0 atom stereocenters. The Kier molecular flexibility index (Phi) is 4.70. The lowest BCUT2D eigenvalue weighted by Crippen LogP contribution is -2.34. The van der Waals surface area contributed by atoms with E-state index in [-0.39, 0.29) is 5.56 Å². The number of hydrogen-bond acceptors (Lipinski definition) is 6. The van der Waals surface area contributed by atoms with Crippen LogP contribution < -0.4 is 15.2 Å². The zero-order valence-electron chi connectivity index (χ0n) is 17.7. The SMILES string of the molecule is COc1cc(C2CC2)c2c(=O)[nH]c(N3CCc4nc(CN(C)C)ccc4C3)nc2c1. The van der Waals surface area contributed by atoms with Gasteiger partial charge >= 0.3 is 0 Å². The number of rotatable bonds is 5. The molecule has 0 saturated heterocycles. The van der Waals surface area contributed by atoms with Crippen LogP contribution in [0.3, 0.4) is 0 Å². The van der Waals surface area contributed by atoms with Gasteiger partial charge in [-0.3, -0.25) is 14.8 Å². The molecule has 1 fully saturated rings. The molecule has 3 aromatic rings. The van der Waals surface area contributed by atoms with Crippen molar-refractivity contribution in [3.8, 4) is 5.75 Å². The minimum atomic E-state index is -0.0650. The third-order valence-electron chi connectivity index (χ3n) is 5.94. The van der Waals surface area contributed by atoms with Gasteiger partial charge in [0.15, 0.2) is 0 Å². The molecule has 1 aliphatic carbocycles. The predicted octanol–water partition coefficient (Wildman–Crippen LogP) is 2.83. The number of nitrogens with zero attached hydrogens (tertiary/aromatic N) is 4. The van der Waals surface area contributed by atoms with E-state index in [0.717, 1.165) is 55.1 Å². The van der Waals surface area contributed by atoms with Crippen LogP contribution in [0.1, 0.15) is 41.3 Å². The zero-order chi connectivity index (χ0) is 20.8. The number of hydrogen-bond donors (Lipinski definition) is 1. The number of benzene rings is 1. The molecule has 0 amide bonds. The number of pyridine rings is 1. The summed E-state index contributed by atoms with van der Waals surface area (Å²) >= 11 is 0. The summed E-state index contributed by atoms with van der Waals surface area (Å²) in [4.78, 5) is 30.0. The first-order valence-corrected chi connectivity index (χ1v) is 10.5. The average molecular weight is 406 g/mol. The minimum absolute atomic E-state index is 0.0650. The van der Waals surface area contributed by atoms with Crippen LogP contribution in [-0.2, 0) is 19.5 Å². The molecule has 30 heavy (non-hydrogen) atoms. The molecule has 7 heteroatoms. The van der Waals surface area contributed by atoms with E-state index in [2.05, 4.69) is 26.9 Å². The highest BCUT2D eigenvalue weighted by atomic mass is 16.5. The van der Waals surface area contributed by atoms with Crippen molar-refractivity contribution in [3.05, 3.63) is 57.1 Å². The molecule has 0 radical (unpaired) electrons. The highest BCUT2D eigenvalue weighted by molar-refractivity contribution is 5.85. The van der Waals surface area contributed by atoms with Crippen LogP contribution in [0, 0.1) is 0 Å². The monoisotopic (exact) mass is 405 g/mol. The maximum absolute atomic E-state index is 13.0. The Labute approximate surface area is 175 Å². The van der Waals surface area contributed by atoms with Gasteiger partial charge in [-0.05, 0) is 56.1 Å². The summed E-state index contributed by atoms with van der Waals surface area (Å²) in [6.07, 6.45) is 3.08. The molecule has 1 aromatic carbocycles. The van der Waals surface area contributed by atoms with Crippen LogP contribution in [-0.4, -0.2) is 47.6 Å². The van der Waals surface area contributed by atoms with Crippen LogP contribution >= 0.6 is 0 Å². The summed E-state index contributed by atoms with van der Waals surface area (Å²) in [6.45, 7) is 2.31. The van der Waals surface area contributed by atoms with Crippen LogP contribution in [0.2, 0.25) is 0 Å². The maximum Gasteiger partial charge on any atom is 0.260 e. The van der Waals surface area contributed by atoms with Crippen molar-refractivity contribution in [2.24, 2.45) is 0 Å². The zero-order valence-corrected chi connectivity index (χ0v) is 17.7. The fraction of sp³-hybridized carbons (Fsp3) is 0.435. The van der Waals surface area contributed by atoms with Gasteiger partial charge in [0.2, 0.25) is 5.95 Å². The summed E-state index contributed by atoms with van der Waals surface area (Å²) < 4.78 is 5.47. The van der Waals surface area contributed by atoms with Gasteiger partial charge in [0.25, 0.3) is 5.56 Å². The lowest BCUT2D eigenvalue weighted by atomic mass is 10.0.